The number of rotatable bonds is 8. The van der Waals surface area contributed by atoms with Crippen LogP contribution in [0.2, 0.25) is 0 Å². The number of aromatic nitrogens is 1. The van der Waals surface area contributed by atoms with Crippen molar-refractivity contribution in [2.24, 2.45) is 11.8 Å². The largest absolute Gasteiger partial charge is 0.379 e. The van der Waals surface area contributed by atoms with Crippen LogP contribution in [0.4, 0.5) is 5.82 Å². The molecule has 0 radical (unpaired) electrons. The molecular formula is C12H21N3O2. The Bertz CT molecular complexity index is 318. The molecule has 0 unspecified atom stereocenters. The van der Waals surface area contributed by atoms with Crippen molar-refractivity contribution in [2.75, 3.05) is 25.2 Å². The predicted octanol–water partition coefficient (Wildman–Crippen LogP) is 1.56. The molecule has 96 valence electrons. The van der Waals surface area contributed by atoms with Crippen LogP contribution in [0, 0.1) is 5.92 Å². The fourth-order valence-corrected chi connectivity index (χ4v) is 1.30. The van der Waals surface area contributed by atoms with Crippen LogP contribution in [-0.2, 0) is 16.1 Å². The van der Waals surface area contributed by atoms with Crippen LogP contribution in [0.25, 0.3) is 0 Å². The van der Waals surface area contributed by atoms with Gasteiger partial charge < -0.3 is 14.9 Å². The highest BCUT2D eigenvalue weighted by molar-refractivity contribution is 5.41. The molecule has 5 nitrogen and oxygen atoms in total. The lowest BCUT2D eigenvalue weighted by Crippen LogP contribution is -2.12. The number of nitrogens with zero attached hydrogens (tertiary/aromatic N) is 1. The maximum atomic E-state index is 5.48. The molecule has 1 aromatic rings. The van der Waals surface area contributed by atoms with Crippen molar-refractivity contribution in [2.45, 2.75) is 20.5 Å². The Morgan fingerprint density at radius 1 is 1.35 bits per heavy atom. The van der Waals surface area contributed by atoms with Crippen molar-refractivity contribution in [1.82, 2.24) is 4.98 Å². The number of pyridine rings is 1. The summed E-state index contributed by atoms with van der Waals surface area (Å²) in [6.45, 7) is 6.69. The van der Waals surface area contributed by atoms with Gasteiger partial charge in [-0.1, -0.05) is 19.9 Å². The number of nitrogen functional groups attached to an aromatic ring is 1. The lowest BCUT2D eigenvalue weighted by molar-refractivity contribution is 0.0315. The number of hydrogen-bond donors (Lipinski definition) is 2. The quantitative estimate of drug-likeness (QED) is 0.409. The van der Waals surface area contributed by atoms with Gasteiger partial charge in [0.05, 0.1) is 19.8 Å². The Labute approximate surface area is 102 Å². The highest BCUT2D eigenvalue weighted by Crippen LogP contribution is 2.10. The fourth-order valence-electron chi connectivity index (χ4n) is 1.30. The van der Waals surface area contributed by atoms with Crippen LogP contribution < -0.4 is 11.3 Å². The van der Waals surface area contributed by atoms with Crippen molar-refractivity contribution in [3.63, 3.8) is 0 Å². The smallest absolute Gasteiger partial charge is 0.145 e. The molecule has 1 aromatic heterocycles. The van der Waals surface area contributed by atoms with Crippen LogP contribution in [0.5, 0.6) is 0 Å². The summed E-state index contributed by atoms with van der Waals surface area (Å²) in [7, 11) is 0. The Hall–Kier alpha value is -1.17. The molecule has 0 spiro atoms. The first-order valence-electron chi connectivity index (χ1n) is 5.80. The summed E-state index contributed by atoms with van der Waals surface area (Å²) in [5.74, 6) is 6.55. The number of nitrogens with one attached hydrogen (secondary N) is 1. The molecule has 0 saturated heterocycles. The van der Waals surface area contributed by atoms with Crippen LogP contribution in [0.1, 0.15) is 19.4 Å². The zero-order valence-electron chi connectivity index (χ0n) is 10.5. The molecule has 0 aromatic carbocycles. The average molecular weight is 239 g/mol. The third-order valence-electron chi connectivity index (χ3n) is 2.11. The standard InChI is InChI=1S/C12H21N3O2/c1-10(2)8-16-6-7-17-9-11-4-3-5-14-12(11)15-13/h3-5,10H,6-9,13H2,1-2H3,(H,14,15). The van der Waals surface area contributed by atoms with E-state index < -0.39 is 0 Å². The van der Waals surface area contributed by atoms with Gasteiger partial charge >= 0.3 is 0 Å². The van der Waals surface area contributed by atoms with Gasteiger partial charge in [0.2, 0.25) is 0 Å². The number of anilines is 1. The molecule has 5 heteroatoms. The van der Waals surface area contributed by atoms with Gasteiger partial charge in [-0.15, -0.1) is 0 Å². The third-order valence-corrected chi connectivity index (χ3v) is 2.11. The molecule has 0 saturated carbocycles. The van der Waals surface area contributed by atoms with Gasteiger partial charge in [-0.3, -0.25) is 0 Å². The molecule has 0 fully saturated rings. The van der Waals surface area contributed by atoms with Gasteiger partial charge in [0, 0.05) is 18.4 Å². The molecule has 0 atom stereocenters. The molecule has 1 rings (SSSR count). The molecule has 0 amide bonds. The highest BCUT2D eigenvalue weighted by atomic mass is 16.5. The van der Waals surface area contributed by atoms with Crippen LogP contribution in [-0.4, -0.2) is 24.8 Å². The first-order chi connectivity index (χ1) is 8.24. The van der Waals surface area contributed by atoms with E-state index in [2.05, 4.69) is 24.3 Å². The van der Waals surface area contributed by atoms with Crippen LogP contribution in [0.3, 0.4) is 0 Å². The summed E-state index contributed by atoms with van der Waals surface area (Å²) in [5.41, 5.74) is 3.48. The minimum atomic E-state index is 0.485. The van der Waals surface area contributed by atoms with Crippen LogP contribution >= 0.6 is 0 Å². The normalized spacial score (nSPS) is 10.8. The number of hydrazine groups is 1. The fraction of sp³-hybridized carbons (Fsp3) is 0.583. The van der Waals surface area contributed by atoms with Crippen molar-refractivity contribution in [1.29, 1.82) is 0 Å². The number of ether oxygens (including phenoxy) is 2. The van der Waals surface area contributed by atoms with E-state index in [0.717, 1.165) is 12.2 Å². The van der Waals surface area contributed by atoms with Gasteiger partial charge in [-0.05, 0) is 12.0 Å². The van der Waals surface area contributed by atoms with Crippen LogP contribution in [0.15, 0.2) is 18.3 Å². The van der Waals surface area contributed by atoms with Gasteiger partial charge in [0.25, 0.3) is 0 Å². The van der Waals surface area contributed by atoms with Gasteiger partial charge in [0.15, 0.2) is 0 Å². The van der Waals surface area contributed by atoms with Crippen molar-refractivity contribution in [3.8, 4) is 0 Å². The van der Waals surface area contributed by atoms with Crippen molar-refractivity contribution < 1.29 is 9.47 Å². The molecular weight excluding hydrogens is 218 g/mol. The minimum absolute atomic E-state index is 0.485. The molecule has 3 N–H and O–H groups in total. The Morgan fingerprint density at radius 2 is 2.12 bits per heavy atom. The SMILES string of the molecule is CC(C)COCCOCc1cccnc1NN. The summed E-state index contributed by atoms with van der Waals surface area (Å²) in [5, 5.41) is 0. The number of nitrogens with two attached hydrogens (primary N) is 1. The van der Waals surface area contributed by atoms with E-state index in [1.165, 1.54) is 0 Å². The summed E-state index contributed by atoms with van der Waals surface area (Å²) in [4.78, 5) is 4.09. The van der Waals surface area contributed by atoms with E-state index in [4.69, 9.17) is 15.3 Å². The maximum Gasteiger partial charge on any atom is 0.145 e. The summed E-state index contributed by atoms with van der Waals surface area (Å²) >= 11 is 0. The summed E-state index contributed by atoms with van der Waals surface area (Å²) in [6.07, 6.45) is 1.68. The van der Waals surface area contributed by atoms with E-state index in [-0.39, 0.29) is 0 Å². The van der Waals surface area contributed by atoms with Gasteiger partial charge in [-0.25, -0.2) is 10.8 Å². The van der Waals surface area contributed by atoms with Gasteiger partial charge in [-0.2, -0.15) is 0 Å². The zero-order chi connectivity index (χ0) is 12.5. The van der Waals surface area contributed by atoms with Gasteiger partial charge in [0.1, 0.15) is 5.82 Å². The number of hydrogen-bond acceptors (Lipinski definition) is 5. The lowest BCUT2D eigenvalue weighted by atomic mass is 10.2. The molecule has 0 aliphatic heterocycles. The van der Waals surface area contributed by atoms with E-state index in [0.29, 0.717) is 31.6 Å². The second-order valence-electron chi connectivity index (χ2n) is 4.18. The van der Waals surface area contributed by atoms with E-state index in [9.17, 15) is 0 Å². The second kappa shape index (κ2) is 8.00. The first-order valence-corrected chi connectivity index (χ1v) is 5.80. The maximum absolute atomic E-state index is 5.48. The van der Waals surface area contributed by atoms with E-state index in [1.54, 1.807) is 6.20 Å². The third kappa shape index (κ3) is 5.63. The molecule has 1 heterocycles. The average Bonchev–Trinajstić information content (AvgIpc) is 2.33. The lowest BCUT2D eigenvalue weighted by Gasteiger charge is -2.09. The monoisotopic (exact) mass is 239 g/mol. The molecule has 17 heavy (non-hydrogen) atoms. The highest BCUT2D eigenvalue weighted by Gasteiger charge is 2.01. The van der Waals surface area contributed by atoms with Crippen molar-refractivity contribution in [3.05, 3.63) is 23.9 Å². The first kappa shape index (κ1) is 13.9. The second-order valence-corrected chi connectivity index (χ2v) is 4.18. The van der Waals surface area contributed by atoms with E-state index in [1.807, 2.05) is 12.1 Å². The minimum Gasteiger partial charge on any atom is -0.379 e. The molecule has 0 aliphatic carbocycles. The predicted molar refractivity (Wildman–Crippen MR) is 67.4 cm³/mol. The summed E-state index contributed by atoms with van der Waals surface area (Å²) < 4.78 is 10.9. The Morgan fingerprint density at radius 3 is 2.82 bits per heavy atom. The van der Waals surface area contributed by atoms with E-state index >= 15 is 0 Å². The topological polar surface area (TPSA) is 69.4 Å². The Balaban J connectivity index is 2.17. The molecule has 0 aliphatic rings. The summed E-state index contributed by atoms with van der Waals surface area (Å²) in [6, 6.07) is 3.78. The zero-order valence-corrected chi connectivity index (χ0v) is 10.5. The molecule has 0 bridgehead atoms. The van der Waals surface area contributed by atoms with Crippen molar-refractivity contribution >= 4 is 5.82 Å². The Kier molecular flexibility index (Phi) is 6.54.